The van der Waals surface area contributed by atoms with Crippen LogP contribution in [0.4, 0.5) is 5.82 Å². The van der Waals surface area contributed by atoms with E-state index in [1.807, 2.05) is 13.2 Å². The van der Waals surface area contributed by atoms with Crippen molar-refractivity contribution in [3.8, 4) is 0 Å². The minimum atomic E-state index is 0.654. The molecule has 1 unspecified atom stereocenters. The topological polar surface area (TPSA) is 28.2 Å². The molecule has 1 atom stereocenters. The Morgan fingerprint density at radius 2 is 2.10 bits per heavy atom. The fourth-order valence-electron chi connectivity index (χ4n) is 3.34. The summed E-state index contributed by atoms with van der Waals surface area (Å²) in [5.74, 6) is 1.17. The van der Waals surface area contributed by atoms with E-state index in [2.05, 4.69) is 41.4 Å². The van der Waals surface area contributed by atoms with Gasteiger partial charge in [-0.3, -0.25) is 0 Å². The maximum absolute atomic E-state index is 4.79. The molecule has 0 aliphatic carbocycles. The second-order valence-electron chi connectivity index (χ2n) is 5.58. The van der Waals surface area contributed by atoms with E-state index in [4.69, 9.17) is 4.98 Å². The molecule has 1 saturated heterocycles. The minimum Gasteiger partial charge on any atom is -0.353 e. The van der Waals surface area contributed by atoms with Crippen LogP contribution in [0.15, 0.2) is 30.5 Å². The third-order valence-electron chi connectivity index (χ3n) is 4.34. The fourth-order valence-corrected chi connectivity index (χ4v) is 3.34. The van der Waals surface area contributed by atoms with Crippen molar-refractivity contribution in [1.82, 2.24) is 10.3 Å². The molecule has 20 heavy (non-hydrogen) atoms. The molecule has 1 aliphatic heterocycles. The van der Waals surface area contributed by atoms with E-state index in [1.165, 1.54) is 41.4 Å². The van der Waals surface area contributed by atoms with E-state index >= 15 is 0 Å². The van der Waals surface area contributed by atoms with Crippen LogP contribution in [0.3, 0.4) is 0 Å². The van der Waals surface area contributed by atoms with Crippen LogP contribution in [0.5, 0.6) is 0 Å². The normalized spacial score (nSPS) is 18.9. The lowest BCUT2D eigenvalue weighted by atomic mass is 10.1. The Bertz CT molecular complexity index is 594. The van der Waals surface area contributed by atoms with Gasteiger partial charge in [0.1, 0.15) is 5.82 Å². The molecule has 3 heteroatoms. The van der Waals surface area contributed by atoms with Crippen LogP contribution >= 0.6 is 0 Å². The highest BCUT2D eigenvalue weighted by Gasteiger charge is 2.25. The molecule has 0 bridgehead atoms. The molecule has 3 rings (SSSR count). The van der Waals surface area contributed by atoms with Gasteiger partial charge in [0.2, 0.25) is 0 Å². The van der Waals surface area contributed by atoms with Crippen molar-refractivity contribution in [1.29, 1.82) is 0 Å². The smallest absolute Gasteiger partial charge is 0.136 e. The number of aromatic nitrogens is 1. The molecule has 0 spiro atoms. The lowest BCUT2D eigenvalue weighted by molar-refractivity contribution is 0.642. The fraction of sp³-hybridized carbons (Fsp3) is 0.471. The summed E-state index contributed by atoms with van der Waals surface area (Å²) in [6, 6.07) is 9.31. The van der Waals surface area contributed by atoms with Gasteiger partial charge in [-0.15, -0.1) is 0 Å². The minimum absolute atomic E-state index is 0.654. The Kier molecular flexibility index (Phi) is 3.88. The number of nitrogens with zero attached hydrogens (tertiary/aromatic N) is 2. The average Bonchev–Trinajstić information content (AvgIpc) is 2.96. The van der Waals surface area contributed by atoms with E-state index in [1.54, 1.807) is 0 Å². The van der Waals surface area contributed by atoms with Gasteiger partial charge in [0.15, 0.2) is 0 Å². The highest BCUT2D eigenvalue weighted by molar-refractivity contribution is 5.94. The van der Waals surface area contributed by atoms with Crippen LogP contribution in [0.25, 0.3) is 10.8 Å². The van der Waals surface area contributed by atoms with Gasteiger partial charge in [0, 0.05) is 30.7 Å². The molecule has 1 fully saturated rings. The number of nitrogens with one attached hydrogen (secondary N) is 1. The van der Waals surface area contributed by atoms with E-state index in [0.717, 1.165) is 13.1 Å². The number of benzene rings is 1. The predicted octanol–water partition coefficient (Wildman–Crippen LogP) is 3.33. The first-order valence-electron chi connectivity index (χ1n) is 7.63. The lowest BCUT2D eigenvalue weighted by Gasteiger charge is -2.26. The highest BCUT2D eigenvalue weighted by Crippen LogP contribution is 2.32. The van der Waals surface area contributed by atoms with E-state index < -0.39 is 0 Å². The summed E-state index contributed by atoms with van der Waals surface area (Å²) in [7, 11) is 1.98. The summed E-state index contributed by atoms with van der Waals surface area (Å²) >= 11 is 0. The van der Waals surface area contributed by atoms with Crippen LogP contribution in [-0.2, 0) is 6.54 Å². The average molecular weight is 269 g/mol. The molecule has 1 N–H and O–H groups in total. The number of hydrogen-bond donors (Lipinski definition) is 1. The molecular formula is C17H23N3. The van der Waals surface area contributed by atoms with Crippen molar-refractivity contribution in [3.63, 3.8) is 0 Å². The maximum atomic E-state index is 4.79. The zero-order valence-electron chi connectivity index (χ0n) is 12.4. The van der Waals surface area contributed by atoms with Crippen LogP contribution < -0.4 is 10.2 Å². The first-order chi connectivity index (χ1) is 9.85. The Morgan fingerprint density at radius 1 is 1.30 bits per heavy atom. The van der Waals surface area contributed by atoms with E-state index in [-0.39, 0.29) is 0 Å². The van der Waals surface area contributed by atoms with Crippen LogP contribution in [0.2, 0.25) is 0 Å². The standard InChI is InChI=1S/C17H23N3/c1-3-14-7-6-10-20(14)17-16-9-5-4-8-15(16)13(11-18-2)12-19-17/h4-5,8-9,12,14,18H,3,6-7,10-11H2,1-2H3. The molecule has 3 nitrogen and oxygen atoms in total. The van der Waals surface area contributed by atoms with Crippen LogP contribution in [-0.4, -0.2) is 24.6 Å². The summed E-state index contributed by atoms with van der Waals surface area (Å²) in [6.07, 6.45) is 5.82. The van der Waals surface area contributed by atoms with Gasteiger partial charge in [-0.25, -0.2) is 4.98 Å². The third kappa shape index (κ3) is 2.27. The molecule has 2 heterocycles. The Hall–Kier alpha value is -1.61. The summed E-state index contributed by atoms with van der Waals surface area (Å²) in [5.41, 5.74) is 1.28. The second kappa shape index (κ2) is 5.80. The van der Waals surface area contributed by atoms with Gasteiger partial charge in [-0.2, -0.15) is 0 Å². The summed E-state index contributed by atoms with van der Waals surface area (Å²) < 4.78 is 0. The Morgan fingerprint density at radius 3 is 2.85 bits per heavy atom. The number of anilines is 1. The zero-order chi connectivity index (χ0) is 13.9. The molecule has 1 aliphatic rings. The van der Waals surface area contributed by atoms with Crippen molar-refractivity contribution in [3.05, 3.63) is 36.0 Å². The molecule has 2 aromatic rings. The maximum Gasteiger partial charge on any atom is 0.136 e. The molecule has 1 aromatic heterocycles. The molecule has 0 saturated carbocycles. The number of pyridine rings is 1. The van der Waals surface area contributed by atoms with Crippen molar-refractivity contribution >= 4 is 16.6 Å². The first kappa shape index (κ1) is 13.4. The van der Waals surface area contributed by atoms with Crippen molar-refractivity contribution in [2.75, 3.05) is 18.5 Å². The summed E-state index contributed by atoms with van der Waals surface area (Å²) in [4.78, 5) is 7.30. The number of hydrogen-bond acceptors (Lipinski definition) is 3. The molecule has 0 radical (unpaired) electrons. The lowest BCUT2D eigenvalue weighted by Crippen LogP contribution is -2.29. The quantitative estimate of drug-likeness (QED) is 0.922. The van der Waals surface area contributed by atoms with Gasteiger partial charge >= 0.3 is 0 Å². The van der Waals surface area contributed by atoms with Crippen molar-refractivity contribution < 1.29 is 0 Å². The van der Waals surface area contributed by atoms with Crippen LogP contribution in [0, 0.1) is 0 Å². The van der Waals surface area contributed by atoms with Crippen molar-refractivity contribution in [2.24, 2.45) is 0 Å². The predicted molar refractivity (Wildman–Crippen MR) is 85.2 cm³/mol. The van der Waals surface area contributed by atoms with Gasteiger partial charge in [0.25, 0.3) is 0 Å². The van der Waals surface area contributed by atoms with Gasteiger partial charge in [0.05, 0.1) is 0 Å². The molecule has 106 valence electrons. The zero-order valence-corrected chi connectivity index (χ0v) is 12.4. The molecular weight excluding hydrogens is 246 g/mol. The first-order valence-corrected chi connectivity index (χ1v) is 7.63. The largest absolute Gasteiger partial charge is 0.353 e. The van der Waals surface area contributed by atoms with Crippen molar-refractivity contribution in [2.45, 2.75) is 38.8 Å². The summed E-state index contributed by atoms with van der Waals surface area (Å²) in [6.45, 7) is 4.28. The Balaban J connectivity index is 2.10. The highest BCUT2D eigenvalue weighted by atomic mass is 15.2. The van der Waals surface area contributed by atoms with Gasteiger partial charge in [-0.05, 0) is 37.3 Å². The monoisotopic (exact) mass is 269 g/mol. The number of fused-ring (bicyclic) bond motifs is 1. The number of rotatable bonds is 4. The van der Waals surface area contributed by atoms with Crippen LogP contribution in [0.1, 0.15) is 31.7 Å². The molecule has 0 amide bonds. The second-order valence-corrected chi connectivity index (χ2v) is 5.58. The summed E-state index contributed by atoms with van der Waals surface area (Å²) in [5, 5.41) is 5.85. The van der Waals surface area contributed by atoms with Gasteiger partial charge in [-0.1, -0.05) is 31.2 Å². The SMILES string of the molecule is CCC1CCCN1c1ncc(CNC)c2ccccc12. The Labute approximate surface area is 121 Å². The van der Waals surface area contributed by atoms with E-state index in [9.17, 15) is 0 Å². The molecule has 1 aromatic carbocycles. The third-order valence-corrected chi connectivity index (χ3v) is 4.34. The van der Waals surface area contributed by atoms with E-state index in [0.29, 0.717) is 6.04 Å². The van der Waals surface area contributed by atoms with Gasteiger partial charge < -0.3 is 10.2 Å².